The van der Waals surface area contributed by atoms with E-state index in [2.05, 4.69) is 23.6 Å². The van der Waals surface area contributed by atoms with Gasteiger partial charge in [0.15, 0.2) is 0 Å². The van der Waals surface area contributed by atoms with Gasteiger partial charge in [-0.1, -0.05) is 19.9 Å². The third-order valence-corrected chi connectivity index (χ3v) is 11.7. The van der Waals surface area contributed by atoms with E-state index in [1.807, 2.05) is 0 Å². The Morgan fingerprint density at radius 2 is 1.76 bits per heavy atom. The van der Waals surface area contributed by atoms with Gasteiger partial charge in [-0.05, 0) is 56.3 Å². The summed E-state index contributed by atoms with van der Waals surface area (Å²) in [5.74, 6) is 0.414. The number of rotatable bonds is 10. The van der Waals surface area contributed by atoms with E-state index < -0.39 is 34.0 Å². The number of halogens is 4. The molecule has 5 rings (SSSR count). The Morgan fingerprint density at radius 3 is 2.40 bits per heavy atom. The Hall–Kier alpha value is -1.71. The summed E-state index contributed by atoms with van der Waals surface area (Å²) in [7, 11) is -3.51. The molecule has 14 heteroatoms. The van der Waals surface area contributed by atoms with Crippen LogP contribution in [0.2, 0.25) is 0 Å². The minimum absolute atomic E-state index is 0.0643. The van der Waals surface area contributed by atoms with Crippen molar-refractivity contribution in [2.45, 2.75) is 82.4 Å². The van der Waals surface area contributed by atoms with Crippen molar-refractivity contribution in [1.29, 1.82) is 0 Å². The van der Waals surface area contributed by atoms with Crippen LogP contribution in [0.15, 0.2) is 23.1 Å². The van der Waals surface area contributed by atoms with Gasteiger partial charge in [0.1, 0.15) is 6.17 Å². The second-order valence-corrected chi connectivity index (χ2v) is 16.6. The van der Waals surface area contributed by atoms with Gasteiger partial charge in [0.2, 0.25) is 10.0 Å². The van der Waals surface area contributed by atoms with Crippen LogP contribution in [0.1, 0.15) is 56.4 Å². The van der Waals surface area contributed by atoms with E-state index in [0.717, 1.165) is 55.7 Å². The number of aromatic nitrogens is 2. The number of alkyl halides is 4. The van der Waals surface area contributed by atoms with Gasteiger partial charge in [-0.15, -0.1) is 11.8 Å². The van der Waals surface area contributed by atoms with Crippen LogP contribution in [-0.4, -0.2) is 108 Å². The first-order valence-corrected chi connectivity index (χ1v) is 18.6. The molecule has 0 spiro atoms. The maximum Gasteiger partial charge on any atom is 0.417 e. The van der Waals surface area contributed by atoms with E-state index in [1.54, 1.807) is 4.68 Å². The SMILES string of the molecule is CC1(C)CCN(C[C@H](O)Cn2nc(-c3ccc(C(F)(F)F)c(SCCN4CCC(F)CC4)c3)c3c2CCN(S(C)(=O)=O)C3)CC1. The monoisotopic (exact) mass is 675 g/mol. The van der Waals surface area contributed by atoms with E-state index in [0.29, 0.717) is 68.0 Å². The van der Waals surface area contributed by atoms with E-state index in [4.69, 9.17) is 5.10 Å². The third kappa shape index (κ3) is 8.81. The molecule has 0 bridgehead atoms. The molecule has 4 heterocycles. The topological polar surface area (TPSA) is 81.9 Å². The zero-order chi connectivity index (χ0) is 32.6. The van der Waals surface area contributed by atoms with Gasteiger partial charge in [0.05, 0.1) is 30.2 Å². The molecule has 0 aliphatic carbocycles. The fourth-order valence-corrected chi connectivity index (χ4v) is 8.37. The summed E-state index contributed by atoms with van der Waals surface area (Å²) in [4.78, 5) is 4.40. The number of hydrogen-bond acceptors (Lipinski definition) is 7. The predicted octanol–water partition coefficient (Wildman–Crippen LogP) is 4.90. The average molecular weight is 676 g/mol. The number of aliphatic hydroxyl groups is 1. The minimum Gasteiger partial charge on any atom is -0.390 e. The van der Waals surface area contributed by atoms with Gasteiger partial charge >= 0.3 is 6.18 Å². The molecule has 8 nitrogen and oxygen atoms in total. The first-order chi connectivity index (χ1) is 21.1. The predicted molar refractivity (Wildman–Crippen MR) is 168 cm³/mol. The zero-order valence-corrected chi connectivity index (χ0v) is 28.0. The number of benzene rings is 1. The van der Waals surface area contributed by atoms with Crippen LogP contribution >= 0.6 is 11.8 Å². The summed E-state index contributed by atoms with van der Waals surface area (Å²) in [5, 5.41) is 15.9. The molecule has 2 fully saturated rings. The van der Waals surface area contributed by atoms with Crippen LogP contribution in [-0.2, 0) is 35.7 Å². The highest BCUT2D eigenvalue weighted by molar-refractivity contribution is 7.99. The molecule has 0 radical (unpaired) electrons. The molecule has 2 saturated heterocycles. The van der Waals surface area contributed by atoms with Crippen LogP contribution in [0.4, 0.5) is 17.6 Å². The van der Waals surface area contributed by atoms with Gasteiger partial charge in [0, 0.05) is 73.2 Å². The Kier molecular flexibility index (Phi) is 10.6. The maximum atomic E-state index is 14.1. The molecule has 1 atom stereocenters. The van der Waals surface area contributed by atoms with Gasteiger partial charge in [0.25, 0.3) is 0 Å². The molecule has 45 heavy (non-hydrogen) atoms. The van der Waals surface area contributed by atoms with Crippen molar-refractivity contribution in [3.05, 3.63) is 35.0 Å². The molecule has 3 aliphatic heterocycles. The van der Waals surface area contributed by atoms with Crippen LogP contribution in [0, 0.1) is 5.41 Å². The first-order valence-electron chi connectivity index (χ1n) is 15.7. The summed E-state index contributed by atoms with van der Waals surface area (Å²) in [6.07, 6.45) is -1.56. The van der Waals surface area contributed by atoms with Gasteiger partial charge in [-0.2, -0.15) is 22.6 Å². The number of sulfonamides is 1. The average Bonchev–Trinajstić information content (AvgIpc) is 3.31. The van der Waals surface area contributed by atoms with E-state index >= 15 is 0 Å². The Balaban J connectivity index is 1.40. The quantitative estimate of drug-likeness (QED) is 0.284. The van der Waals surface area contributed by atoms with Gasteiger partial charge < -0.3 is 14.9 Å². The van der Waals surface area contributed by atoms with Crippen LogP contribution in [0.3, 0.4) is 0 Å². The fourth-order valence-electron chi connectivity index (χ4n) is 6.46. The van der Waals surface area contributed by atoms with E-state index in [-0.39, 0.29) is 29.9 Å². The van der Waals surface area contributed by atoms with Crippen molar-refractivity contribution >= 4 is 21.8 Å². The molecular formula is C31H45F4N5O3S2. The van der Waals surface area contributed by atoms with Crippen molar-refractivity contribution in [1.82, 2.24) is 23.9 Å². The fraction of sp³-hybridized carbons (Fsp3) is 0.710. The second kappa shape index (κ2) is 13.8. The molecule has 1 aromatic carbocycles. The van der Waals surface area contributed by atoms with E-state index in [1.165, 1.54) is 16.4 Å². The number of hydrogen-bond donors (Lipinski definition) is 1. The minimum atomic E-state index is -4.55. The molecular weight excluding hydrogens is 630 g/mol. The molecule has 0 saturated carbocycles. The number of likely N-dealkylation sites (tertiary alicyclic amines) is 2. The van der Waals surface area contributed by atoms with E-state index in [9.17, 15) is 31.1 Å². The van der Waals surface area contributed by atoms with Crippen molar-refractivity contribution in [3.8, 4) is 11.3 Å². The molecule has 1 aromatic heterocycles. The molecule has 2 aromatic rings. The summed E-state index contributed by atoms with van der Waals surface area (Å²) >= 11 is 1.11. The maximum absolute atomic E-state index is 14.1. The first kappa shape index (κ1) is 34.6. The highest BCUT2D eigenvalue weighted by Gasteiger charge is 2.35. The number of piperidine rings is 2. The Morgan fingerprint density at radius 1 is 1.07 bits per heavy atom. The Labute approximate surface area is 268 Å². The summed E-state index contributed by atoms with van der Waals surface area (Å²) in [6.45, 7) is 9.06. The normalized spacial score (nSPS) is 21.6. The molecule has 252 valence electrons. The van der Waals surface area contributed by atoms with Crippen molar-refractivity contribution < 1.29 is 31.1 Å². The summed E-state index contributed by atoms with van der Waals surface area (Å²) < 4.78 is 83.7. The lowest BCUT2D eigenvalue weighted by Gasteiger charge is -2.37. The van der Waals surface area contributed by atoms with Gasteiger partial charge in [-0.25, -0.2) is 12.8 Å². The number of thioether (sulfide) groups is 1. The van der Waals surface area contributed by atoms with Crippen LogP contribution in [0.5, 0.6) is 0 Å². The summed E-state index contributed by atoms with van der Waals surface area (Å²) in [5.41, 5.74) is 1.92. The second-order valence-electron chi connectivity index (χ2n) is 13.5. The van der Waals surface area contributed by atoms with Crippen molar-refractivity contribution in [2.24, 2.45) is 5.41 Å². The lowest BCUT2D eigenvalue weighted by molar-refractivity contribution is -0.139. The van der Waals surface area contributed by atoms with Crippen LogP contribution in [0.25, 0.3) is 11.3 Å². The number of β-amino-alcohol motifs (C(OH)–C–C–N with tert-alkyl or cyclic N) is 1. The smallest absolute Gasteiger partial charge is 0.390 e. The number of nitrogens with zero attached hydrogens (tertiary/aromatic N) is 5. The zero-order valence-electron chi connectivity index (χ0n) is 26.3. The molecule has 3 aliphatic rings. The lowest BCUT2D eigenvalue weighted by Crippen LogP contribution is -2.42. The highest BCUT2D eigenvalue weighted by atomic mass is 32.2. The van der Waals surface area contributed by atoms with Crippen molar-refractivity contribution in [3.63, 3.8) is 0 Å². The molecule has 0 amide bonds. The third-order valence-electron chi connectivity index (χ3n) is 9.37. The lowest BCUT2D eigenvalue weighted by atomic mass is 9.82. The molecule has 1 N–H and O–H groups in total. The largest absolute Gasteiger partial charge is 0.417 e. The molecule has 0 unspecified atom stereocenters. The van der Waals surface area contributed by atoms with Gasteiger partial charge in [-0.3, -0.25) is 4.68 Å². The van der Waals surface area contributed by atoms with Crippen LogP contribution < -0.4 is 0 Å². The summed E-state index contributed by atoms with van der Waals surface area (Å²) in [6, 6.07) is 3.97. The number of aliphatic hydroxyl groups excluding tert-OH is 1. The Bertz CT molecular complexity index is 1430. The highest BCUT2D eigenvalue weighted by Crippen LogP contribution is 2.40. The van der Waals surface area contributed by atoms with Crippen molar-refractivity contribution in [2.75, 3.05) is 57.8 Å². The number of fused-ring (bicyclic) bond motifs is 1. The standard InChI is InChI=1S/C31H45F4N5O3S2/c1-30(2)9-14-38(15-10-30)19-24(41)20-40-27-8-13-39(45(3,42)43)21-25(27)29(36-40)22-4-5-26(31(33,34)35)28(18-22)44-17-16-37-11-6-23(32)7-12-37/h4-5,18,23-24,41H,6-17,19-21H2,1-3H3/t24-/m0/s1.